The molecule has 2 heterocycles. The van der Waals surface area contributed by atoms with Crippen molar-refractivity contribution in [3.8, 4) is 17.1 Å². The van der Waals surface area contributed by atoms with Crippen LogP contribution >= 0.6 is 15.9 Å². The monoisotopic (exact) mass is 323 g/mol. The van der Waals surface area contributed by atoms with Crippen LogP contribution in [0.4, 0.5) is 0 Å². The van der Waals surface area contributed by atoms with E-state index in [2.05, 4.69) is 31.4 Å². The largest absolute Gasteiger partial charge is 0.496 e. The normalized spacial score (nSPS) is 15.3. The number of aromatic nitrogens is 2. The highest BCUT2D eigenvalue weighted by molar-refractivity contribution is 9.10. The Bertz CT molecular complexity index is 581. The Labute approximate surface area is 119 Å². The van der Waals surface area contributed by atoms with E-state index in [9.17, 15) is 0 Å². The Hall–Kier alpha value is -1.40. The lowest BCUT2D eigenvalue weighted by molar-refractivity contribution is 0.296. The minimum absolute atomic E-state index is 0.616. The van der Waals surface area contributed by atoms with Crippen LogP contribution in [0.15, 0.2) is 27.2 Å². The van der Waals surface area contributed by atoms with Crippen molar-refractivity contribution >= 4 is 15.9 Å². The first-order valence-corrected chi connectivity index (χ1v) is 6.93. The molecule has 19 heavy (non-hydrogen) atoms. The van der Waals surface area contributed by atoms with Crippen molar-refractivity contribution in [2.45, 2.75) is 6.42 Å². The van der Waals surface area contributed by atoms with Crippen molar-refractivity contribution in [1.82, 2.24) is 15.5 Å². The number of methoxy groups -OCH3 is 1. The number of benzene rings is 1. The van der Waals surface area contributed by atoms with Crippen molar-refractivity contribution in [2.75, 3.05) is 20.2 Å². The van der Waals surface area contributed by atoms with Crippen LogP contribution in [0.25, 0.3) is 11.4 Å². The second kappa shape index (κ2) is 5.30. The van der Waals surface area contributed by atoms with Crippen molar-refractivity contribution in [3.63, 3.8) is 0 Å². The second-order valence-corrected chi connectivity index (χ2v) is 5.44. The molecule has 2 aromatic rings. The molecule has 6 heteroatoms. The highest BCUT2D eigenvalue weighted by Crippen LogP contribution is 2.29. The molecule has 0 saturated carbocycles. The van der Waals surface area contributed by atoms with Gasteiger partial charge in [0.25, 0.3) is 0 Å². The van der Waals surface area contributed by atoms with Gasteiger partial charge in [-0.05, 0) is 53.1 Å². The van der Waals surface area contributed by atoms with Gasteiger partial charge in [-0.15, -0.1) is 0 Å². The SMILES string of the molecule is COc1ccc(-c2noc(CC3CNC3)n2)cc1Br. The first-order chi connectivity index (χ1) is 9.26. The zero-order valence-electron chi connectivity index (χ0n) is 10.5. The molecule has 0 unspecified atom stereocenters. The molecule has 0 aliphatic carbocycles. The Morgan fingerprint density at radius 3 is 2.95 bits per heavy atom. The molecular formula is C13H14BrN3O2. The van der Waals surface area contributed by atoms with Gasteiger partial charge in [0.15, 0.2) is 0 Å². The van der Waals surface area contributed by atoms with Gasteiger partial charge in [0, 0.05) is 12.0 Å². The average Bonchev–Trinajstić information content (AvgIpc) is 2.82. The third-order valence-corrected chi connectivity index (χ3v) is 3.83. The minimum Gasteiger partial charge on any atom is -0.496 e. The molecule has 1 aliphatic rings. The van der Waals surface area contributed by atoms with E-state index in [1.165, 1.54) is 0 Å². The fraction of sp³-hybridized carbons (Fsp3) is 0.385. The minimum atomic E-state index is 0.616. The van der Waals surface area contributed by atoms with Crippen molar-refractivity contribution in [2.24, 2.45) is 5.92 Å². The molecule has 5 nitrogen and oxygen atoms in total. The standard InChI is InChI=1S/C13H14BrN3O2/c1-18-11-3-2-9(5-10(11)14)13-16-12(19-17-13)4-8-6-15-7-8/h2-3,5,8,15H,4,6-7H2,1H3. The topological polar surface area (TPSA) is 60.2 Å². The lowest BCUT2D eigenvalue weighted by atomic mass is 10.00. The number of halogens is 1. The van der Waals surface area contributed by atoms with Crippen LogP contribution in [0.2, 0.25) is 0 Å². The summed E-state index contributed by atoms with van der Waals surface area (Å²) >= 11 is 3.45. The van der Waals surface area contributed by atoms with E-state index in [0.29, 0.717) is 17.6 Å². The lowest BCUT2D eigenvalue weighted by Gasteiger charge is -2.25. The van der Waals surface area contributed by atoms with Gasteiger partial charge in [-0.3, -0.25) is 0 Å². The van der Waals surface area contributed by atoms with E-state index in [0.717, 1.165) is 35.3 Å². The molecule has 0 atom stereocenters. The molecule has 100 valence electrons. The highest BCUT2D eigenvalue weighted by atomic mass is 79.9. The summed E-state index contributed by atoms with van der Waals surface area (Å²) < 4.78 is 11.4. The van der Waals surface area contributed by atoms with E-state index in [1.54, 1.807) is 7.11 Å². The molecule has 1 saturated heterocycles. The summed E-state index contributed by atoms with van der Waals surface area (Å²) in [6.45, 7) is 2.07. The fourth-order valence-corrected chi connectivity index (χ4v) is 2.54. The lowest BCUT2D eigenvalue weighted by Crippen LogP contribution is -2.43. The molecule has 1 N–H and O–H groups in total. The van der Waals surface area contributed by atoms with Gasteiger partial charge in [0.1, 0.15) is 5.75 Å². The first-order valence-electron chi connectivity index (χ1n) is 6.13. The Kier molecular flexibility index (Phi) is 3.52. The third kappa shape index (κ3) is 2.64. The van der Waals surface area contributed by atoms with E-state index >= 15 is 0 Å². The molecule has 1 fully saturated rings. The maximum atomic E-state index is 5.29. The second-order valence-electron chi connectivity index (χ2n) is 4.59. The maximum absolute atomic E-state index is 5.29. The summed E-state index contributed by atoms with van der Waals surface area (Å²) in [5.74, 6) is 2.72. The summed E-state index contributed by atoms with van der Waals surface area (Å²) in [4.78, 5) is 4.43. The smallest absolute Gasteiger partial charge is 0.227 e. The molecule has 0 spiro atoms. The number of rotatable bonds is 4. The third-order valence-electron chi connectivity index (χ3n) is 3.21. The zero-order chi connectivity index (χ0) is 13.2. The van der Waals surface area contributed by atoms with Gasteiger partial charge in [0.2, 0.25) is 11.7 Å². The molecular weight excluding hydrogens is 310 g/mol. The fourth-order valence-electron chi connectivity index (χ4n) is 2.00. The van der Waals surface area contributed by atoms with E-state index in [-0.39, 0.29) is 0 Å². The van der Waals surface area contributed by atoms with Crippen LogP contribution in [0.5, 0.6) is 5.75 Å². The average molecular weight is 324 g/mol. The predicted molar refractivity (Wildman–Crippen MR) is 74.0 cm³/mol. The number of ether oxygens (including phenoxy) is 1. The predicted octanol–water partition coefficient (Wildman–Crippen LogP) is 2.27. The van der Waals surface area contributed by atoms with Gasteiger partial charge in [0.05, 0.1) is 11.6 Å². The van der Waals surface area contributed by atoms with Crippen LogP contribution in [-0.2, 0) is 6.42 Å². The Morgan fingerprint density at radius 1 is 1.47 bits per heavy atom. The molecule has 0 radical (unpaired) electrons. The van der Waals surface area contributed by atoms with E-state index in [4.69, 9.17) is 9.26 Å². The quantitative estimate of drug-likeness (QED) is 0.935. The summed E-state index contributed by atoms with van der Waals surface area (Å²) in [6, 6.07) is 5.73. The van der Waals surface area contributed by atoms with Gasteiger partial charge in [-0.1, -0.05) is 5.16 Å². The van der Waals surface area contributed by atoms with Gasteiger partial charge in [-0.2, -0.15) is 4.98 Å². The molecule has 1 aromatic carbocycles. The first kappa shape index (κ1) is 12.6. The summed E-state index contributed by atoms with van der Waals surface area (Å²) in [5, 5.41) is 7.26. The summed E-state index contributed by atoms with van der Waals surface area (Å²) in [6.07, 6.45) is 0.845. The van der Waals surface area contributed by atoms with Crippen LogP contribution in [-0.4, -0.2) is 30.3 Å². The van der Waals surface area contributed by atoms with E-state index in [1.807, 2.05) is 18.2 Å². The number of hydrogen-bond acceptors (Lipinski definition) is 5. The van der Waals surface area contributed by atoms with Crippen LogP contribution in [0.1, 0.15) is 5.89 Å². The number of nitrogens with one attached hydrogen (secondary N) is 1. The van der Waals surface area contributed by atoms with Crippen LogP contribution in [0, 0.1) is 5.92 Å². The van der Waals surface area contributed by atoms with Crippen molar-refractivity contribution in [3.05, 3.63) is 28.6 Å². The highest BCUT2D eigenvalue weighted by Gasteiger charge is 2.20. The summed E-state index contributed by atoms with van der Waals surface area (Å²) in [7, 11) is 1.64. The van der Waals surface area contributed by atoms with Gasteiger partial charge >= 0.3 is 0 Å². The van der Waals surface area contributed by atoms with Gasteiger partial charge < -0.3 is 14.6 Å². The Balaban J connectivity index is 1.79. The number of nitrogens with zero attached hydrogens (tertiary/aromatic N) is 2. The molecule has 3 rings (SSSR count). The van der Waals surface area contributed by atoms with Crippen molar-refractivity contribution in [1.29, 1.82) is 0 Å². The molecule has 0 bridgehead atoms. The molecule has 1 aliphatic heterocycles. The zero-order valence-corrected chi connectivity index (χ0v) is 12.1. The van der Waals surface area contributed by atoms with E-state index < -0.39 is 0 Å². The molecule has 1 aromatic heterocycles. The molecule has 0 amide bonds. The van der Waals surface area contributed by atoms with Crippen LogP contribution in [0.3, 0.4) is 0 Å². The van der Waals surface area contributed by atoms with Crippen molar-refractivity contribution < 1.29 is 9.26 Å². The summed E-state index contributed by atoms with van der Waals surface area (Å²) in [5.41, 5.74) is 0.911. The maximum Gasteiger partial charge on any atom is 0.227 e. The van der Waals surface area contributed by atoms with Gasteiger partial charge in [-0.25, -0.2) is 0 Å². The Morgan fingerprint density at radius 2 is 2.32 bits per heavy atom. The van der Waals surface area contributed by atoms with Crippen LogP contribution < -0.4 is 10.1 Å². The number of hydrogen-bond donors (Lipinski definition) is 1.